The number of benzene rings is 1. The second-order valence-corrected chi connectivity index (χ2v) is 8.24. The van der Waals surface area contributed by atoms with Crippen LogP contribution in [-0.2, 0) is 22.3 Å². The minimum absolute atomic E-state index is 0.0936. The number of hydrogen-bond acceptors (Lipinski definition) is 3. The Labute approximate surface area is 128 Å². The van der Waals surface area contributed by atoms with Crippen LogP contribution in [-0.4, -0.2) is 31.4 Å². The zero-order valence-electron chi connectivity index (χ0n) is 13.2. The number of nitrogens with one attached hydrogen (secondary N) is 1. The van der Waals surface area contributed by atoms with Crippen LogP contribution in [0.1, 0.15) is 44.7 Å². The van der Waals surface area contributed by atoms with Gasteiger partial charge in [-0.3, -0.25) is 0 Å². The van der Waals surface area contributed by atoms with Crippen molar-refractivity contribution in [2.45, 2.75) is 51.4 Å². The summed E-state index contributed by atoms with van der Waals surface area (Å²) in [5.74, 6) is 0.0936. The monoisotopic (exact) mass is 310 g/mol. The Morgan fingerprint density at radius 3 is 2.62 bits per heavy atom. The summed E-state index contributed by atoms with van der Waals surface area (Å²) >= 11 is 0. The van der Waals surface area contributed by atoms with Gasteiger partial charge in [-0.05, 0) is 44.4 Å². The van der Waals surface area contributed by atoms with Gasteiger partial charge in [-0.25, -0.2) is 8.42 Å². The predicted molar refractivity (Wildman–Crippen MR) is 86.5 cm³/mol. The van der Waals surface area contributed by atoms with Gasteiger partial charge in [0.25, 0.3) is 0 Å². The van der Waals surface area contributed by atoms with Crippen molar-refractivity contribution in [3.8, 4) is 0 Å². The molecule has 1 fully saturated rings. The van der Waals surface area contributed by atoms with Crippen LogP contribution < -0.4 is 5.32 Å². The van der Waals surface area contributed by atoms with Crippen LogP contribution in [0.3, 0.4) is 0 Å². The third kappa shape index (κ3) is 4.05. The quantitative estimate of drug-likeness (QED) is 0.878. The fourth-order valence-electron chi connectivity index (χ4n) is 2.99. The van der Waals surface area contributed by atoms with Gasteiger partial charge in [0.1, 0.15) is 0 Å². The molecule has 0 spiro atoms. The minimum atomic E-state index is -3.25. The Balaban J connectivity index is 2.13. The summed E-state index contributed by atoms with van der Waals surface area (Å²) in [7, 11) is -3.25. The van der Waals surface area contributed by atoms with E-state index in [1.54, 1.807) is 4.31 Å². The van der Waals surface area contributed by atoms with Crippen LogP contribution in [0.5, 0.6) is 0 Å². The number of rotatable bonds is 6. The number of nitrogens with zero attached hydrogens (tertiary/aromatic N) is 1. The zero-order valence-corrected chi connectivity index (χ0v) is 14.0. The third-order valence-electron chi connectivity index (χ3n) is 4.08. The molecule has 0 amide bonds. The summed E-state index contributed by atoms with van der Waals surface area (Å²) in [6, 6.07) is 7.85. The molecule has 21 heavy (non-hydrogen) atoms. The molecule has 118 valence electrons. The average Bonchev–Trinajstić information content (AvgIpc) is 2.77. The topological polar surface area (TPSA) is 49.4 Å². The van der Waals surface area contributed by atoms with Crippen molar-refractivity contribution >= 4 is 10.0 Å². The van der Waals surface area contributed by atoms with Gasteiger partial charge in [0.15, 0.2) is 0 Å². The summed E-state index contributed by atoms with van der Waals surface area (Å²) < 4.78 is 27.0. The molecule has 1 aromatic carbocycles. The van der Waals surface area contributed by atoms with E-state index in [1.165, 1.54) is 0 Å². The lowest BCUT2D eigenvalue weighted by Crippen LogP contribution is -2.43. The lowest BCUT2D eigenvalue weighted by Gasteiger charge is -2.30. The molecule has 1 aliphatic rings. The molecule has 4 nitrogen and oxygen atoms in total. The first-order valence-electron chi connectivity index (χ1n) is 7.64. The fourth-order valence-corrected chi connectivity index (χ4v) is 4.99. The maximum atomic E-state index is 12.7. The first kappa shape index (κ1) is 16.5. The molecule has 1 N–H and O–H groups in total. The molecule has 2 rings (SSSR count). The van der Waals surface area contributed by atoms with Gasteiger partial charge < -0.3 is 5.32 Å². The lowest BCUT2D eigenvalue weighted by atomic mass is 10.0. The molecule has 1 saturated heterocycles. The van der Waals surface area contributed by atoms with E-state index in [4.69, 9.17) is 0 Å². The van der Waals surface area contributed by atoms with E-state index in [-0.39, 0.29) is 11.3 Å². The molecule has 0 aliphatic carbocycles. The summed E-state index contributed by atoms with van der Waals surface area (Å²) in [4.78, 5) is 0. The van der Waals surface area contributed by atoms with E-state index in [9.17, 15) is 8.42 Å². The summed E-state index contributed by atoms with van der Waals surface area (Å²) in [6.07, 6.45) is 1.89. The minimum Gasteiger partial charge on any atom is -0.313 e. The van der Waals surface area contributed by atoms with E-state index in [2.05, 4.69) is 12.2 Å². The van der Waals surface area contributed by atoms with Crippen molar-refractivity contribution in [2.75, 3.05) is 13.1 Å². The highest BCUT2D eigenvalue weighted by atomic mass is 32.2. The standard InChI is InChI=1S/C16H26N2O2S/c1-4-17-12-14-7-5-8-15(11-14)13-21(19,20)18-10-6-9-16(18,2)3/h5,7-8,11,17H,4,6,9-10,12-13H2,1-3H3. The van der Waals surface area contributed by atoms with E-state index < -0.39 is 10.0 Å². The SMILES string of the molecule is CCNCc1cccc(CS(=O)(=O)N2CCCC2(C)C)c1. The van der Waals surface area contributed by atoms with Crippen molar-refractivity contribution in [3.05, 3.63) is 35.4 Å². The van der Waals surface area contributed by atoms with E-state index in [0.717, 1.165) is 37.1 Å². The van der Waals surface area contributed by atoms with Crippen LogP contribution in [0.2, 0.25) is 0 Å². The van der Waals surface area contributed by atoms with Crippen molar-refractivity contribution in [2.24, 2.45) is 0 Å². The maximum absolute atomic E-state index is 12.7. The zero-order chi connectivity index (χ0) is 15.5. The van der Waals surface area contributed by atoms with Gasteiger partial charge in [-0.1, -0.05) is 31.2 Å². The highest BCUT2D eigenvalue weighted by Crippen LogP contribution is 2.32. The Bertz CT molecular complexity index is 582. The second-order valence-electron chi connectivity index (χ2n) is 6.34. The molecule has 0 unspecified atom stereocenters. The van der Waals surface area contributed by atoms with Crippen LogP contribution >= 0.6 is 0 Å². The smallest absolute Gasteiger partial charge is 0.218 e. The van der Waals surface area contributed by atoms with Crippen molar-refractivity contribution in [1.82, 2.24) is 9.62 Å². The third-order valence-corrected chi connectivity index (χ3v) is 6.13. The van der Waals surface area contributed by atoms with E-state index in [1.807, 2.05) is 38.1 Å². The number of sulfonamides is 1. The van der Waals surface area contributed by atoms with Crippen molar-refractivity contribution in [3.63, 3.8) is 0 Å². The Morgan fingerprint density at radius 1 is 1.29 bits per heavy atom. The van der Waals surface area contributed by atoms with Gasteiger partial charge in [0, 0.05) is 18.6 Å². The maximum Gasteiger partial charge on any atom is 0.218 e. The van der Waals surface area contributed by atoms with Gasteiger partial charge in [0.2, 0.25) is 10.0 Å². The second kappa shape index (κ2) is 6.46. The Kier molecular flexibility index (Phi) is 5.07. The normalized spacial score (nSPS) is 19.0. The van der Waals surface area contributed by atoms with Crippen LogP contribution in [0, 0.1) is 0 Å². The lowest BCUT2D eigenvalue weighted by molar-refractivity contribution is 0.291. The van der Waals surface area contributed by atoms with Crippen LogP contribution in [0.15, 0.2) is 24.3 Å². The van der Waals surface area contributed by atoms with E-state index in [0.29, 0.717) is 6.54 Å². The van der Waals surface area contributed by atoms with Gasteiger partial charge in [-0.15, -0.1) is 0 Å². The first-order valence-corrected chi connectivity index (χ1v) is 9.25. The van der Waals surface area contributed by atoms with Gasteiger partial charge in [0.05, 0.1) is 5.75 Å². The highest BCUT2D eigenvalue weighted by Gasteiger charge is 2.39. The van der Waals surface area contributed by atoms with Gasteiger partial charge >= 0.3 is 0 Å². The number of hydrogen-bond donors (Lipinski definition) is 1. The molecule has 0 atom stereocenters. The van der Waals surface area contributed by atoms with Crippen LogP contribution in [0.25, 0.3) is 0 Å². The summed E-state index contributed by atoms with van der Waals surface area (Å²) in [5, 5.41) is 3.26. The molecular formula is C16H26N2O2S. The van der Waals surface area contributed by atoms with Gasteiger partial charge in [-0.2, -0.15) is 4.31 Å². The Morgan fingerprint density at radius 2 is 2.00 bits per heavy atom. The molecule has 0 aromatic heterocycles. The molecule has 5 heteroatoms. The molecular weight excluding hydrogens is 284 g/mol. The molecule has 0 radical (unpaired) electrons. The molecule has 1 aliphatic heterocycles. The summed E-state index contributed by atoms with van der Waals surface area (Å²) in [5.41, 5.74) is 1.75. The summed E-state index contributed by atoms with van der Waals surface area (Å²) in [6.45, 7) is 8.42. The molecule has 1 heterocycles. The molecule has 0 bridgehead atoms. The van der Waals surface area contributed by atoms with E-state index >= 15 is 0 Å². The predicted octanol–water partition coefficient (Wildman–Crippen LogP) is 2.50. The largest absolute Gasteiger partial charge is 0.313 e. The first-order chi connectivity index (χ1) is 9.85. The van der Waals surface area contributed by atoms with Crippen molar-refractivity contribution < 1.29 is 8.42 Å². The molecule has 0 saturated carbocycles. The molecule has 1 aromatic rings. The highest BCUT2D eigenvalue weighted by molar-refractivity contribution is 7.88. The fraction of sp³-hybridized carbons (Fsp3) is 0.625. The Hall–Kier alpha value is -0.910. The van der Waals surface area contributed by atoms with Crippen LogP contribution in [0.4, 0.5) is 0 Å². The average molecular weight is 310 g/mol. The van der Waals surface area contributed by atoms with Crippen molar-refractivity contribution in [1.29, 1.82) is 0 Å².